The Labute approximate surface area is 536 Å². The van der Waals surface area contributed by atoms with E-state index in [-0.39, 0.29) is 10.8 Å². The molecule has 0 saturated heterocycles. The highest BCUT2D eigenvalue weighted by Crippen LogP contribution is 2.60. The Kier molecular flexibility index (Phi) is 11.3. The van der Waals surface area contributed by atoms with Crippen molar-refractivity contribution in [3.05, 3.63) is 306 Å². The maximum atomic E-state index is 2.62. The summed E-state index contributed by atoms with van der Waals surface area (Å²) >= 11 is 0. The predicted octanol–water partition coefficient (Wildman–Crippen LogP) is 22.3. The molecule has 0 bridgehead atoms. The van der Waals surface area contributed by atoms with Crippen LogP contribution in [0, 0.1) is 0 Å². The first-order valence-electron chi connectivity index (χ1n) is 33.7. The molecule has 20 rings (SSSR count). The molecule has 92 heavy (non-hydrogen) atoms. The molecule has 5 aliphatic rings. The van der Waals surface area contributed by atoms with E-state index in [0.717, 1.165) is 12.8 Å². The molecule has 2 saturated carbocycles. The highest BCUT2D eigenvalue weighted by molar-refractivity contribution is 6.13. The first kappa shape index (κ1) is 52.3. The number of fused-ring (bicyclic) bond motifs is 18. The second kappa shape index (κ2) is 20.0. The SMILES string of the molecule is C1=c2ccccc2=C(n2c3ccccc3c3cc(-c4ccc(-c5ccc6c(c5)C5(CCCC5)c5cc(-c7ccc8c(c7)C7(CCCC7)c7cc(-c9ccc(-c%10ccc%11c(c%10)c%10ccccc%10n%11-c%10cccc%11ccccc%10%11)cc9)ccc7-8)ccc5-6)cc4)ccc32)CC1. The average molecular weight is 1180 g/mol. The summed E-state index contributed by atoms with van der Waals surface area (Å²) in [5.41, 5.74) is 32.3. The Morgan fingerprint density at radius 1 is 0.272 bits per heavy atom. The van der Waals surface area contributed by atoms with E-state index in [1.54, 1.807) is 0 Å². The number of hydrogen-bond acceptors (Lipinski definition) is 0. The first-order chi connectivity index (χ1) is 45.5. The zero-order valence-corrected chi connectivity index (χ0v) is 51.5. The van der Waals surface area contributed by atoms with Crippen molar-refractivity contribution in [2.45, 2.75) is 75.0 Å². The Bertz CT molecular complexity index is 5750. The first-order valence-corrected chi connectivity index (χ1v) is 33.7. The lowest BCUT2D eigenvalue weighted by Crippen LogP contribution is -2.31. The van der Waals surface area contributed by atoms with Crippen LogP contribution in [0.5, 0.6) is 0 Å². The van der Waals surface area contributed by atoms with Gasteiger partial charge in [0.2, 0.25) is 0 Å². The highest BCUT2D eigenvalue weighted by Gasteiger charge is 2.47. The Morgan fingerprint density at radius 2 is 0.641 bits per heavy atom. The smallest absolute Gasteiger partial charge is 0.0541 e. The van der Waals surface area contributed by atoms with Gasteiger partial charge in [-0.15, -0.1) is 0 Å². The van der Waals surface area contributed by atoms with Crippen molar-refractivity contribution >= 4 is 66.2 Å². The van der Waals surface area contributed by atoms with Gasteiger partial charge in [-0.1, -0.05) is 238 Å². The third-order valence-corrected chi connectivity index (χ3v) is 22.7. The molecule has 13 aromatic carbocycles. The summed E-state index contributed by atoms with van der Waals surface area (Å²) in [5.74, 6) is 0. The van der Waals surface area contributed by atoms with Crippen molar-refractivity contribution in [2.24, 2.45) is 0 Å². The minimum Gasteiger partial charge on any atom is -0.312 e. The summed E-state index contributed by atoms with van der Waals surface area (Å²) in [7, 11) is 0. The maximum absolute atomic E-state index is 2.62. The minimum absolute atomic E-state index is 0.0292. The molecule has 2 fully saturated rings. The third kappa shape index (κ3) is 7.61. The average Bonchev–Trinajstić information content (AvgIpc) is 1.57. The summed E-state index contributed by atoms with van der Waals surface area (Å²) in [6, 6.07) is 105. The van der Waals surface area contributed by atoms with Crippen molar-refractivity contribution in [1.29, 1.82) is 0 Å². The predicted molar refractivity (Wildman–Crippen MR) is 386 cm³/mol. The minimum atomic E-state index is 0.0292. The molecule has 2 spiro atoms. The number of para-hydroxylation sites is 2. The zero-order valence-electron chi connectivity index (χ0n) is 51.5. The van der Waals surface area contributed by atoms with Gasteiger partial charge in [-0.25, -0.2) is 0 Å². The van der Waals surface area contributed by atoms with Crippen LogP contribution in [0.1, 0.15) is 86.5 Å². The zero-order chi connectivity index (χ0) is 60.2. The molecule has 5 aliphatic carbocycles. The fourth-order valence-corrected chi connectivity index (χ4v) is 18.4. The van der Waals surface area contributed by atoms with Gasteiger partial charge in [0.05, 0.1) is 27.8 Å². The van der Waals surface area contributed by atoms with Gasteiger partial charge >= 0.3 is 0 Å². The van der Waals surface area contributed by atoms with E-state index in [1.165, 1.54) is 228 Å². The molecule has 2 nitrogen and oxygen atoms in total. The second-order valence-electron chi connectivity index (χ2n) is 27.2. The number of nitrogens with zero attached hydrogens (tertiary/aromatic N) is 2. The van der Waals surface area contributed by atoms with Crippen LogP contribution in [0.3, 0.4) is 0 Å². The van der Waals surface area contributed by atoms with E-state index >= 15 is 0 Å². The number of benzene rings is 13. The third-order valence-electron chi connectivity index (χ3n) is 22.7. The molecule has 0 radical (unpaired) electrons. The molecule has 2 heterocycles. The second-order valence-corrected chi connectivity index (χ2v) is 27.2. The van der Waals surface area contributed by atoms with Crippen molar-refractivity contribution in [3.8, 4) is 83.6 Å². The lowest BCUT2D eigenvalue weighted by Gasteiger charge is -2.28. The number of aromatic nitrogens is 2. The van der Waals surface area contributed by atoms with Gasteiger partial charge in [0.25, 0.3) is 0 Å². The van der Waals surface area contributed by atoms with Crippen LogP contribution in [-0.2, 0) is 10.8 Å². The van der Waals surface area contributed by atoms with Crippen LogP contribution >= 0.6 is 0 Å². The molecular formula is C90H66N2. The normalized spacial score (nSPS) is 15.6. The van der Waals surface area contributed by atoms with Gasteiger partial charge in [0.15, 0.2) is 0 Å². The van der Waals surface area contributed by atoms with E-state index in [2.05, 4.69) is 288 Å². The van der Waals surface area contributed by atoms with Crippen molar-refractivity contribution < 1.29 is 0 Å². The van der Waals surface area contributed by atoms with Gasteiger partial charge in [0, 0.05) is 48.7 Å². The Morgan fingerprint density at radius 3 is 1.15 bits per heavy atom. The summed E-state index contributed by atoms with van der Waals surface area (Å²) in [4.78, 5) is 0. The standard InChI is InChI=1S/C90H66N2/c1-3-19-69-61(15-1)17-13-25-83(69)91-85-23-7-5-21-75(85)77-51-63(39-45-87(77)91)57-27-31-59(32-28-57)65-35-41-71-73-43-37-67(55-81(73)89(79(71)53-65)47-9-10-48-89)68-38-44-74-72-42-36-66(54-80(72)90(82(74)56-68)49-11-12-50-90)60-33-29-58(30-34-60)64-40-46-88-78(52-64)76-22-6-8-24-86(76)92(88)84-26-14-18-62-16-2-4-20-70(62)84/h1-8,13,15-25,27-46,51-56H,9-12,14,26,47-50H2. The van der Waals surface area contributed by atoms with Crippen molar-refractivity contribution in [3.63, 3.8) is 0 Å². The summed E-state index contributed by atoms with van der Waals surface area (Å²) in [6.07, 6.45) is 14.3. The number of hydrogen-bond donors (Lipinski definition) is 0. The molecule has 436 valence electrons. The van der Waals surface area contributed by atoms with Gasteiger partial charge in [-0.3, -0.25) is 0 Å². The van der Waals surface area contributed by atoms with Crippen molar-refractivity contribution in [2.75, 3.05) is 0 Å². The van der Waals surface area contributed by atoms with E-state index < -0.39 is 0 Å². The molecular weight excluding hydrogens is 1110 g/mol. The molecule has 2 heteroatoms. The quantitative estimate of drug-likeness (QED) is 0.151. The van der Waals surface area contributed by atoms with Crippen LogP contribution in [0.15, 0.2) is 273 Å². The largest absolute Gasteiger partial charge is 0.312 e. The van der Waals surface area contributed by atoms with Gasteiger partial charge in [0.1, 0.15) is 0 Å². The van der Waals surface area contributed by atoms with Crippen LogP contribution in [0.2, 0.25) is 0 Å². The van der Waals surface area contributed by atoms with Gasteiger partial charge in [-0.2, -0.15) is 0 Å². The summed E-state index contributed by atoms with van der Waals surface area (Å²) < 4.78 is 4.99. The van der Waals surface area contributed by atoms with E-state index in [4.69, 9.17) is 0 Å². The molecule has 2 aromatic heterocycles. The summed E-state index contributed by atoms with van der Waals surface area (Å²) in [5, 5.41) is 10.4. The van der Waals surface area contributed by atoms with Crippen LogP contribution in [0.4, 0.5) is 0 Å². The molecule has 0 N–H and O–H groups in total. The van der Waals surface area contributed by atoms with Crippen LogP contribution in [-0.4, -0.2) is 9.13 Å². The van der Waals surface area contributed by atoms with E-state index in [0.29, 0.717) is 0 Å². The maximum Gasteiger partial charge on any atom is 0.0541 e. The van der Waals surface area contributed by atoms with Gasteiger partial charge < -0.3 is 9.13 Å². The summed E-state index contributed by atoms with van der Waals surface area (Å²) in [6.45, 7) is 0. The van der Waals surface area contributed by atoms with E-state index in [9.17, 15) is 0 Å². The van der Waals surface area contributed by atoms with Crippen LogP contribution in [0.25, 0.3) is 150 Å². The Balaban J connectivity index is 0.589. The highest BCUT2D eigenvalue weighted by atomic mass is 15.0. The topological polar surface area (TPSA) is 9.86 Å². The van der Waals surface area contributed by atoms with Gasteiger partial charge in [-0.05, 0) is 216 Å². The van der Waals surface area contributed by atoms with Crippen molar-refractivity contribution in [1.82, 2.24) is 9.13 Å². The fourth-order valence-electron chi connectivity index (χ4n) is 18.4. The number of rotatable bonds is 7. The molecule has 0 unspecified atom stereocenters. The molecule has 15 aromatic rings. The lowest BCUT2D eigenvalue weighted by atomic mass is 9.75. The molecule has 0 aliphatic heterocycles. The Hall–Kier alpha value is -10.5. The fraction of sp³-hybridized carbons (Fsp3) is 0.133. The monoisotopic (exact) mass is 1170 g/mol. The molecule has 0 atom stereocenters. The molecule has 0 amide bonds. The van der Waals surface area contributed by atoms with E-state index in [1.807, 2.05) is 0 Å². The van der Waals surface area contributed by atoms with Crippen LogP contribution < -0.4 is 10.4 Å². The lowest BCUT2D eigenvalue weighted by molar-refractivity contribution is 0.549.